The van der Waals surface area contributed by atoms with Gasteiger partial charge in [0.25, 0.3) is 0 Å². The second-order valence-corrected chi connectivity index (χ2v) is 10.9. The van der Waals surface area contributed by atoms with E-state index in [1.165, 1.54) is 50.1 Å². The minimum absolute atomic E-state index is 0.398. The van der Waals surface area contributed by atoms with Gasteiger partial charge in [-0.25, -0.2) is 0 Å². The highest BCUT2D eigenvalue weighted by Gasteiger charge is 2.15. The van der Waals surface area contributed by atoms with Crippen LogP contribution >= 0.6 is 0 Å². The Hall–Kier alpha value is -4.34. The Morgan fingerprint density at radius 3 is 2.29 bits per heavy atom. The molecular weight excluding hydrogens is 504 g/mol. The molecule has 42 heavy (non-hydrogen) atoms. The molecule has 0 heteroatoms. The van der Waals surface area contributed by atoms with E-state index >= 15 is 0 Å². The molecule has 0 saturated carbocycles. The molecule has 0 bridgehead atoms. The standard InChI is InChI=1S/C42H46/c1-8-12-13-17-32(5)38-24-20-35(21-25-38)18-14-19-36(16-10-3)31-37-22-26-39(27-23-37)40-28-29-42(34(7)30-40)41(11-4)33(6)15-9-2/h3,8-9,11-17,19-27,30,32H,4,18,28-29,31H2,1-2,5-7H3/b12-8-,15-9-,17-13-,19-14-,36-16+,41-33+. The highest BCUT2D eigenvalue weighted by atomic mass is 14.2. The van der Waals surface area contributed by atoms with Gasteiger partial charge in [-0.2, -0.15) is 0 Å². The first-order valence-corrected chi connectivity index (χ1v) is 15.1. The molecule has 0 nitrogen and oxygen atoms in total. The summed E-state index contributed by atoms with van der Waals surface area (Å²) in [6, 6.07) is 17.9. The molecule has 1 unspecified atom stereocenters. The second-order valence-electron chi connectivity index (χ2n) is 10.9. The summed E-state index contributed by atoms with van der Waals surface area (Å²) in [5.74, 6) is 3.12. The first-order chi connectivity index (χ1) is 20.4. The maximum Gasteiger partial charge on any atom is -0.000732 e. The molecule has 1 aliphatic rings. The van der Waals surface area contributed by atoms with Crippen LogP contribution in [0.3, 0.4) is 0 Å². The summed E-state index contributed by atoms with van der Waals surface area (Å²) in [6.45, 7) is 14.8. The quantitative estimate of drug-likeness (QED) is 0.182. The van der Waals surface area contributed by atoms with E-state index in [0.29, 0.717) is 5.92 Å². The predicted octanol–water partition coefficient (Wildman–Crippen LogP) is 11.4. The first-order valence-electron chi connectivity index (χ1n) is 15.1. The van der Waals surface area contributed by atoms with E-state index in [1.54, 1.807) is 0 Å². The minimum atomic E-state index is 0.398. The van der Waals surface area contributed by atoms with E-state index < -0.39 is 0 Å². The van der Waals surface area contributed by atoms with Crippen LogP contribution < -0.4 is 0 Å². The fourth-order valence-corrected chi connectivity index (χ4v) is 5.41. The first kappa shape index (κ1) is 32.2. The molecule has 0 fully saturated rings. The Morgan fingerprint density at radius 2 is 1.67 bits per heavy atom. The van der Waals surface area contributed by atoms with Crippen LogP contribution in [0.1, 0.15) is 75.6 Å². The molecule has 0 aliphatic heterocycles. The van der Waals surface area contributed by atoms with Crippen LogP contribution in [0.25, 0.3) is 5.57 Å². The molecular formula is C42H46. The maximum atomic E-state index is 5.67. The van der Waals surface area contributed by atoms with Crippen molar-refractivity contribution in [3.63, 3.8) is 0 Å². The molecule has 0 spiro atoms. The minimum Gasteiger partial charge on any atom is -0.115 e. The van der Waals surface area contributed by atoms with E-state index in [0.717, 1.165) is 31.3 Å². The molecule has 3 rings (SSSR count). The summed E-state index contributed by atoms with van der Waals surface area (Å²) in [7, 11) is 0. The van der Waals surface area contributed by atoms with Gasteiger partial charge in [0.1, 0.15) is 0 Å². The average molecular weight is 551 g/mol. The van der Waals surface area contributed by atoms with Crippen LogP contribution in [-0.4, -0.2) is 0 Å². The third-order valence-corrected chi connectivity index (χ3v) is 7.78. The molecule has 2 aromatic rings. The number of hydrogen-bond acceptors (Lipinski definition) is 0. The van der Waals surface area contributed by atoms with E-state index in [1.807, 2.05) is 25.2 Å². The monoisotopic (exact) mass is 550 g/mol. The molecule has 214 valence electrons. The second kappa shape index (κ2) is 16.8. The van der Waals surface area contributed by atoms with Crippen LogP contribution in [0.2, 0.25) is 0 Å². The largest absolute Gasteiger partial charge is 0.115 e. The van der Waals surface area contributed by atoms with Gasteiger partial charge in [0.2, 0.25) is 0 Å². The van der Waals surface area contributed by atoms with Crippen molar-refractivity contribution in [2.75, 3.05) is 0 Å². The van der Waals surface area contributed by atoms with E-state index in [9.17, 15) is 0 Å². The summed E-state index contributed by atoms with van der Waals surface area (Å²) < 4.78 is 0. The molecule has 0 radical (unpaired) electrons. The van der Waals surface area contributed by atoms with E-state index in [-0.39, 0.29) is 0 Å². The molecule has 1 aliphatic carbocycles. The van der Waals surface area contributed by atoms with Crippen LogP contribution in [0.5, 0.6) is 0 Å². The Morgan fingerprint density at radius 1 is 0.952 bits per heavy atom. The van der Waals surface area contributed by atoms with Crippen molar-refractivity contribution in [3.8, 4) is 12.3 Å². The topological polar surface area (TPSA) is 0 Å². The third-order valence-electron chi connectivity index (χ3n) is 7.78. The molecule has 0 heterocycles. The summed E-state index contributed by atoms with van der Waals surface area (Å²) in [5.41, 5.74) is 13.0. The van der Waals surface area contributed by atoms with Gasteiger partial charge in [-0.1, -0.05) is 129 Å². The zero-order valence-electron chi connectivity index (χ0n) is 26.2. The lowest BCUT2D eigenvalue weighted by Gasteiger charge is -2.21. The summed E-state index contributed by atoms with van der Waals surface area (Å²) in [5, 5.41) is 0. The lowest BCUT2D eigenvalue weighted by Crippen LogP contribution is -2.01. The van der Waals surface area contributed by atoms with Gasteiger partial charge in [-0.15, -0.1) is 6.42 Å². The SMILES string of the molecule is C#C/C=C(\C=C/Cc1ccc(C(C)/C=C\C=C/C)cc1)Cc1ccc(C2=CC(C)=C(/C(C=C)=C(C)/C=C\C)CC2)cc1. The number of terminal acetylenes is 1. The third kappa shape index (κ3) is 9.36. The van der Waals surface area contributed by atoms with Crippen molar-refractivity contribution in [1.82, 2.24) is 0 Å². The number of hydrogen-bond donors (Lipinski definition) is 0. The highest BCUT2D eigenvalue weighted by Crippen LogP contribution is 2.35. The van der Waals surface area contributed by atoms with Crippen molar-refractivity contribution >= 4 is 5.57 Å². The highest BCUT2D eigenvalue weighted by molar-refractivity contribution is 5.72. The van der Waals surface area contributed by atoms with E-state index in [4.69, 9.17) is 6.42 Å². The number of rotatable bonds is 12. The molecule has 0 aromatic heterocycles. The van der Waals surface area contributed by atoms with Crippen LogP contribution in [0, 0.1) is 12.3 Å². The fraction of sp³-hybridized carbons (Fsp3) is 0.238. The van der Waals surface area contributed by atoms with Crippen LogP contribution in [-0.2, 0) is 12.8 Å². The van der Waals surface area contributed by atoms with Crippen molar-refractivity contribution in [3.05, 3.63) is 172 Å². The number of benzene rings is 2. The van der Waals surface area contributed by atoms with Crippen molar-refractivity contribution in [1.29, 1.82) is 0 Å². The molecule has 1 atom stereocenters. The van der Waals surface area contributed by atoms with Gasteiger partial charge >= 0.3 is 0 Å². The summed E-state index contributed by atoms with van der Waals surface area (Å²) in [6.07, 6.45) is 32.7. The van der Waals surface area contributed by atoms with E-state index in [2.05, 4.69) is 137 Å². The summed E-state index contributed by atoms with van der Waals surface area (Å²) in [4.78, 5) is 0. The van der Waals surface area contributed by atoms with Gasteiger partial charge in [0, 0.05) is 0 Å². The molecule has 0 amide bonds. The molecule has 0 saturated heterocycles. The Kier molecular flexibility index (Phi) is 12.9. The zero-order valence-corrected chi connectivity index (χ0v) is 26.2. The van der Waals surface area contributed by atoms with Crippen molar-refractivity contribution in [2.24, 2.45) is 0 Å². The van der Waals surface area contributed by atoms with Crippen molar-refractivity contribution in [2.45, 2.75) is 66.2 Å². The fourth-order valence-electron chi connectivity index (χ4n) is 5.41. The Balaban J connectivity index is 1.66. The Bertz CT molecular complexity index is 1490. The smallest absolute Gasteiger partial charge is 0.000732 e. The van der Waals surface area contributed by atoms with Gasteiger partial charge in [0.05, 0.1) is 0 Å². The summed E-state index contributed by atoms with van der Waals surface area (Å²) >= 11 is 0. The maximum absolute atomic E-state index is 5.67. The van der Waals surface area contributed by atoms with Crippen LogP contribution in [0.4, 0.5) is 0 Å². The van der Waals surface area contributed by atoms with Gasteiger partial charge in [-0.05, 0) is 121 Å². The lowest BCUT2D eigenvalue weighted by molar-refractivity contribution is 0.965. The number of allylic oxidation sites excluding steroid dienone is 17. The normalized spacial score (nSPS) is 15.9. The predicted molar refractivity (Wildman–Crippen MR) is 186 cm³/mol. The molecule has 0 N–H and O–H groups in total. The van der Waals surface area contributed by atoms with Crippen molar-refractivity contribution < 1.29 is 0 Å². The average Bonchev–Trinajstić information content (AvgIpc) is 2.99. The van der Waals surface area contributed by atoms with Gasteiger partial charge < -0.3 is 0 Å². The Labute approximate surface area is 255 Å². The van der Waals surface area contributed by atoms with Gasteiger partial charge in [-0.3, -0.25) is 0 Å². The lowest BCUT2D eigenvalue weighted by atomic mass is 9.84. The molecule has 2 aromatic carbocycles. The van der Waals surface area contributed by atoms with Crippen LogP contribution in [0.15, 0.2) is 150 Å². The van der Waals surface area contributed by atoms with Gasteiger partial charge in [0.15, 0.2) is 0 Å². The zero-order chi connectivity index (χ0) is 30.3.